The van der Waals surface area contributed by atoms with Crippen LogP contribution >= 0.6 is 35.5 Å². The fourth-order valence-electron chi connectivity index (χ4n) is 3.00. The lowest BCUT2D eigenvalue weighted by molar-refractivity contribution is -0.118. The fraction of sp³-hybridized carbons (Fsp3) is 0.588. The van der Waals surface area contributed by atoms with Crippen LogP contribution in [0.3, 0.4) is 0 Å². The Kier molecular flexibility index (Phi) is 8.40. The van der Waals surface area contributed by atoms with Crippen LogP contribution in [0, 0.1) is 0 Å². The summed E-state index contributed by atoms with van der Waals surface area (Å²) >= 11 is 3.12. The molecule has 6 nitrogen and oxygen atoms in total. The van der Waals surface area contributed by atoms with E-state index in [4.69, 9.17) is 0 Å². The number of halogens is 1. The van der Waals surface area contributed by atoms with Gasteiger partial charge < -0.3 is 15.6 Å². The number of fused-ring (bicyclic) bond motifs is 3. The topological polar surface area (TPSA) is 86.9 Å². The average Bonchev–Trinajstić information content (AvgIpc) is 3.15. The van der Waals surface area contributed by atoms with E-state index in [2.05, 4.69) is 27.5 Å². The number of hydrogen-bond acceptors (Lipinski definition) is 6. The highest BCUT2D eigenvalue weighted by molar-refractivity contribution is 7.99. The van der Waals surface area contributed by atoms with Gasteiger partial charge in [-0.25, -0.2) is 4.98 Å². The van der Waals surface area contributed by atoms with Gasteiger partial charge in [-0.1, -0.05) is 6.92 Å². The number of amides is 1. The highest BCUT2D eigenvalue weighted by atomic mass is 35.5. The molecule has 0 fully saturated rings. The van der Waals surface area contributed by atoms with E-state index in [1.165, 1.54) is 22.2 Å². The summed E-state index contributed by atoms with van der Waals surface area (Å²) in [5.74, 6) is 1.58. The maximum atomic E-state index is 12.4. The Morgan fingerprint density at radius 3 is 2.96 bits per heavy atom. The maximum Gasteiger partial charge on any atom is 0.259 e. The number of carbonyl (C=O) groups excluding carboxylic acids is 1. The molecule has 3 N–H and O–H groups in total. The van der Waals surface area contributed by atoms with Gasteiger partial charge in [0.15, 0.2) is 0 Å². The minimum atomic E-state index is -0.0357. The Morgan fingerprint density at radius 1 is 1.31 bits per heavy atom. The Bertz CT molecular complexity index is 806. The van der Waals surface area contributed by atoms with Crippen molar-refractivity contribution in [2.45, 2.75) is 38.4 Å². The summed E-state index contributed by atoms with van der Waals surface area (Å²) in [7, 11) is 0. The third-order valence-electron chi connectivity index (χ3n) is 4.15. The van der Waals surface area contributed by atoms with Gasteiger partial charge in [-0.2, -0.15) is 0 Å². The standard InChI is InChI=1S/C17H24N4O2S2.ClH/c1-2-6-18-7-8-19-14(22)10-24-9-13-20-16(23)15-11-4-3-5-12(11)25-17(15)21-13;/h18H,2-10H2,1H3,(H,19,22)(H,20,21,23);1H. The van der Waals surface area contributed by atoms with E-state index in [0.29, 0.717) is 23.9 Å². The lowest BCUT2D eigenvalue weighted by Gasteiger charge is -2.06. The number of H-pyrrole nitrogens is 1. The largest absolute Gasteiger partial charge is 0.354 e. The van der Waals surface area contributed by atoms with E-state index in [0.717, 1.165) is 49.0 Å². The SMILES string of the molecule is CCCNCCNC(=O)CSCc1nc2sc3c(c2c(=O)[nH]1)CCC3.Cl. The quantitative estimate of drug-likeness (QED) is 0.546. The molecule has 1 aliphatic carbocycles. The van der Waals surface area contributed by atoms with Crippen LogP contribution < -0.4 is 16.2 Å². The number of thiophene rings is 1. The van der Waals surface area contributed by atoms with Crippen molar-refractivity contribution >= 4 is 51.6 Å². The minimum absolute atomic E-state index is 0. The molecule has 144 valence electrons. The first-order chi connectivity index (χ1) is 12.2. The lowest BCUT2D eigenvalue weighted by Crippen LogP contribution is -2.33. The highest BCUT2D eigenvalue weighted by Gasteiger charge is 2.21. The second-order valence-electron chi connectivity index (χ2n) is 6.14. The molecule has 0 saturated heterocycles. The van der Waals surface area contributed by atoms with Gasteiger partial charge in [-0.05, 0) is 37.8 Å². The molecule has 0 atom stereocenters. The van der Waals surface area contributed by atoms with Crippen LogP contribution in [-0.4, -0.2) is 41.3 Å². The molecule has 0 unspecified atom stereocenters. The molecule has 0 bridgehead atoms. The van der Waals surface area contributed by atoms with Crippen molar-refractivity contribution < 1.29 is 4.79 Å². The van der Waals surface area contributed by atoms with Crippen molar-refractivity contribution in [3.05, 3.63) is 26.6 Å². The van der Waals surface area contributed by atoms with Crippen LogP contribution in [0.2, 0.25) is 0 Å². The third kappa shape index (κ3) is 5.22. The van der Waals surface area contributed by atoms with E-state index < -0.39 is 0 Å². The summed E-state index contributed by atoms with van der Waals surface area (Å²) in [6, 6.07) is 0. The molecule has 1 amide bonds. The van der Waals surface area contributed by atoms with Crippen molar-refractivity contribution in [3.63, 3.8) is 0 Å². The molecule has 0 saturated carbocycles. The van der Waals surface area contributed by atoms with Gasteiger partial charge in [0.1, 0.15) is 10.7 Å². The average molecular weight is 417 g/mol. The second kappa shape index (κ2) is 10.3. The van der Waals surface area contributed by atoms with Crippen LogP contribution in [-0.2, 0) is 23.4 Å². The summed E-state index contributed by atoms with van der Waals surface area (Å²) in [4.78, 5) is 33.8. The van der Waals surface area contributed by atoms with Crippen molar-refractivity contribution in [2.24, 2.45) is 0 Å². The first kappa shape index (κ1) is 21.2. The van der Waals surface area contributed by atoms with Crippen molar-refractivity contribution in [3.8, 4) is 0 Å². The zero-order valence-electron chi connectivity index (χ0n) is 14.9. The van der Waals surface area contributed by atoms with Crippen molar-refractivity contribution in [2.75, 3.05) is 25.4 Å². The number of rotatable bonds is 9. The molecule has 0 radical (unpaired) electrons. The van der Waals surface area contributed by atoms with Gasteiger partial charge in [-0.3, -0.25) is 9.59 Å². The second-order valence-corrected chi connectivity index (χ2v) is 8.21. The maximum absolute atomic E-state index is 12.4. The smallest absolute Gasteiger partial charge is 0.259 e. The number of aromatic amines is 1. The molecular formula is C17H25ClN4O2S2. The molecule has 2 aromatic heterocycles. The Hall–Kier alpha value is -1.09. The predicted molar refractivity (Wildman–Crippen MR) is 112 cm³/mol. The molecule has 2 heterocycles. The molecule has 2 aromatic rings. The highest BCUT2D eigenvalue weighted by Crippen LogP contribution is 2.34. The number of thioether (sulfide) groups is 1. The first-order valence-corrected chi connectivity index (χ1v) is 10.7. The predicted octanol–water partition coefficient (Wildman–Crippen LogP) is 2.24. The van der Waals surface area contributed by atoms with Crippen LogP contribution in [0.5, 0.6) is 0 Å². The summed E-state index contributed by atoms with van der Waals surface area (Å²) in [5.41, 5.74) is 1.16. The van der Waals surface area contributed by atoms with Crippen molar-refractivity contribution in [1.82, 2.24) is 20.6 Å². The summed E-state index contributed by atoms with van der Waals surface area (Å²) < 4.78 is 0. The zero-order valence-corrected chi connectivity index (χ0v) is 17.3. The Balaban J connectivity index is 0.00000243. The van der Waals surface area contributed by atoms with Crippen LogP contribution in [0.4, 0.5) is 0 Å². The zero-order chi connectivity index (χ0) is 17.6. The van der Waals surface area contributed by atoms with Crippen LogP contribution in [0.25, 0.3) is 10.2 Å². The Labute approximate surface area is 167 Å². The molecule has 26 heavy (non-hydrogen) atoms. The molecule has 0 aliphatic heterocycles. The molecule has 0 aromatic carbocycles. The normalized spacial score (nSPS) is 12.8. The van der Waals surface area contributed by atoms with Gasteiger partial charge in [0.2, 0.25) is 5.91 Å². The number of hydrogen-bond donors (Lipinski definition) is 3. The van der Waals surface area contributed by atoms with Crippen LogP contribution in [0.1, 0.15) is 36.0 Å². The Morgan fingerprint density at radius 2 is 2.15 bits per heavy atom. The van der Waals surface area contributed by atoms with E-state index in [-0.39, 0.29) is 23.9 Å². The van der Waals surface area contributed by atoms with Gasteiger partial charge in [0.25, 0.3) is 5.56 Å². The van der Waals surface area contributed by atoms with E-state index in [1.807, 2.05) is 0 Å². The molecule has 1 aliphatic rings. The van der Waals surface area contributed by atoms with E-state index >= 15 is 0 Å². The molecule has 0 spiro atoms. The monoisotopic (exact) mass is 416 g/mol. The first-order valence-electron chi connectivity index (χ1n) is 8.77. The van der Waals surface area contributed by atoms with Gasteiger partial charge >= 0.3 is 0 Å². The summed E-state index contributed by atoms with van der Waals surface area (Å²) in [5, 5.41) is 6.90. The molecular weight excluding hydrogens is 392 g/mol. The van der Waals surface area contributed by atoms with E-state index in [1.54, 1.807) is 11.3 Å². The fourth-order valence-corrected chi connectivity index (χ4v) is 5.00. The lowest BCUT2D eigenvalue weighted by atomic mass is 10.2. The number of aromatic nitrogens is 2. The number of nitrogens with zero attached hydrogens (tertiary/aromatic N) is 1. The molecule has 3 rings (SSSR count). The van der Waals surface area contributed by atoms with Crippen molar-refractivity contribution in [1.29, 1.82) is 0 Å². The summed E-state index contributed by atoms with van der Waals surface area (Å²) in [6.45, 7) is 4.51. The number of nitrogens with one attached hydrogen (secondary N) is 3. The van der Waals surface area contributed by atoms with Gasteiger partial charge in [0, 0.05) is 18.0 Å². The number of carbonyl (C=O) groups is 1. The number of aryl methyl sites for hydroxylation is 2. The van der Waals surface area contributed by atoms with Crippen LogP contribution in [0.15, 0.2) is 4.79 Å². The molecule has 9 heteroatoms. The van der Waals surface area contributed by atoms with Gasteiger partial charge in [-0.15, -0.1) is 35.5 Å². The van der Waals surface area contributed by atoms with Gasteiger partial charge in [0.05, 0.1) is 16.9 Å². The summed E-state index contributed by atoms with van der Waals surface area (Å²) in [6.07, 6.45) is 4.28. The van der Waals surface area contributed by atoms with E-state index in [9.17, 15) is 9.59 Å². The minimum Gasteiger partial charge on any atom is -0.354 e. The third-order valence-corrected chi connectivity index (χ3v) is 6.28.